The average Bonchev–Trinajstić information content (AvgIpc) is 2.32. The molecule has 0 aliphatic carbocycles. The van der Waals surface area contributed by atoms with Gasteiger partial charge in [-0.2, -0.15) is 0 Å². The van der Waals surface area contributed by atoms with E-state index in [4.69, 9.17) is 9.47 Å². The van der Waals surface area contributed by atoms with Crippen LogP contribution >= 0.6 is 0 Å². The fraction of sp³-hybridized carbons (Fsp3) is 0.538. The second-order valence-electron chi connectivity index (χ2n) is 2.97. The van der Waals surface area contributed by atoms with Crippen molar-refractivity contribution in [2.24, 2.45) is 0 Å². The van der Waals surface area contributed by atoms with Gasteiger partial charge in [-0.15, -0.1) is 0 Å². The van der Waals surface area contributed by atoms with Crippen LogP contribution in [-0.4, -0.2) is 14.2 Å². The molecule has 1 aromatic carbocycles. The highest BCUT2D eigenvalue weighted by Crippen LogP contribution is 2.27. The second-order valence-corrected chi connectivity index (χ2v) is 2.97. The molecule has 0 aliphatic heterocycles. The molecular weight excluding hydrogens is 188 g/mol. The van der Waals surface area contributed by atoms with Crippen molar-refractivity contribution in [2.75, 3.05) is 14.2 Å². The van der Waals surface area contributed by atoms with Crippen LogP contribution in [0.1, 0.15) is 31.9 Å². The van der Waals surface area contributed by atoms with E-state index >= 15 is 0 Å². The van der Waals surface area contributed by atoms with Gasteiger partial charge in [0.1, 0.15) is 11.5 Å². The average molecular weight is 210 g/mol. The minimum Gasteiger partial charge on any atom is -0.497 e. The molecule has 0 bridgehead atoms. The van der Waals surface area contributed by atoms with E-state index in [-0.39, 0.29) is 0 Å². The molecular formula is C13H22O2. The number of methoxy groups -OCH3 is 2. The quantitative estimate of drug-likeness (QED) is 0.759. The standard InChI is InChI=1S/C11H16O2.C2H6/c1-5-9-6-10(12-3)7-11(13-4)8(9)2;1-2/h6-7H,5H2,1-4H3;1-2H3. The Morgan fingerprint density at radius 3 is 2.07 bits per heavy atom. The molecule has 0 spiro atoms. The van der Waals surface area contributed by atoms with Crippen molar-refractivity contribution in [1.82, 2.24) is 0 Å². The van der Waals surface area contributed by atoms with E-state index in [0.717, 1.165) is 17.9 Å². The Morgan fingerprint density at radius 1 is 1.07 bits per heavy atom. The summed E-state index contributed by atoms with van der Waals surface area (Å²) in [6.45, 7) is 8.19. The second kappa shape index (κ2) is 7.16. The maximum absolute atomic E-state index is 5.25. The van der Waals surface area contributed by atoms with E-state index in [9.17, 15) is 0 Å². The summed E-state index contributed by atoms with van der Waals surface area (Å²) in [6, 6.07) is 3.96. The van der Waals surface area contributed by atoms with Gasteiger partial charge in [0.25, 0.3) is 0 Å². The maximum Gasteiger partial charge on any atom is 0.125 e. The third kappa shape index (κ3) is 3.46. The van der Waals surface area contributed by atoms with E-state index in [1.165, 1.54) is 11.1 Å². The largest absolute Gasteiger partial charge is 0.497 e. The number of hydrogen-bond donors (Lipinski definition) is 0. The minimum atomic E-state index is 0.860. The zero-order valence-electron chi connectivity index (χ0n) is 10.7. The molecule has 2 heteroatoms. The summed E-state index contributed by atoms with van der Waals surface area (Å²) in [5, 5.41) is 0. The molecule has 0 N–H and O–H groups in total. The van der Waals surface area contributed by atoms with Crippen molar-refractivity contribution in [3.8, 4) is 11.5 Å². The number of ether oxygens (including phenoxy) is 2. The molecule has 86 valence electrons. The third-order valence-electron chi connectivity index (χ3n) is 2.28. The van der Waals surface area contributed by atoms with Gasteiger partial charge >= 0.3 is 0 Å². The summed E-state index contributed by atoms with van der Waals surface area (Å²) in [5.41, 5.74) is 2.47. The Balaban J connectivity index is 0.000000921. The lowest BCUT2D eigenvalue weighted by Crippen LogP contribution is -1.94. The van der Waals surface area contributed by atoms with Crippen LogP contribution in [0, 0.1) is 6.92 Å². The Hall–Kier alpha value is -1.18. The van der Waals surface area contributed by atoms with Crippen molar-refractivity contribution >= 4 is 0 Å². The van der Waals surface area contributed by atoms with E-state index < -0.39 is 0 Å². The van der Waals surface area contributed by atoms with Gasteiger partial charge in [-0.3, -0.25) is 0 Å². The molecule has 15 heavy (non-hydrogen) atoms. The first-order valence-electron chi connectivity index (χ1n) is 5.44. The number of rotatable bonds is 3. The van der Waals surface area contributed by atoms with E-state index in [0.29, 0.717) is 0 Å². The molecule has 0 amide bonds. The van der Waals surface area contributed by atoms with E-state index in [2.05, 4.69) is 19.9 Å². The highest BCUT2D eigenvalue weighted by molar-refractivity contribution is 5.45. The Morgan fingerprint density at radius 2 is 1.67 bits per heavy atom. The van der Waals surface area contributed by atoms with Gasteiger partial charge in [0.2, 0.25) is 0 Å². The van der Waals surface area contributed by atoms with Gasteiger partial charge in [0.05, 0.1) is 14.2 Å². The molecule has 0 saturated heterocycles. The molecule has 2 nitrogen and oxygen atoms in total. The topological polar surface area (TPSA) is 18.5 Å². The fourth-order valence-electron chi connectivity index (χ4n) is 1.41. The Bertz CT molecular complexity index is 268. The van der Waals surface area contributed by atoms with Crippen LogP contribution in [-0.2, 0) is 6.42 Å². The third-order valence-corrected chi connectivity index (χ3v) is 2.28. The lowest BCUT2D eigenvalue weighted by atomic mass is 10.1. The SMILES string of the molecule is CC.CCc1cc(OC)cc(OC)c1C. The van der Waals surface area contributed by atoms with Gasteiger partial charge in [0, 0.05) is 6.07 Å². The molecule has 0 atom stereocenters. The predicted molar refractivity (Wildman–Crippen MR) is 65.0 cm³/mol. The molecule has 1 rings (SSSR count). The lowest BCUT2D eigenvalue weighted by Gasteiger charge is -2.11. The predicted octanol–water partition coefficient (Wildman–Crippen LogP) is 3.60. The van der Waals surface area contributed by atoms with Gasteiger partial charge in [-0.1, -0.05) is 20.8 Å². The first-order valence-corrected chi connectivity index (χ1v) is 5.44. The maximum atomic E-state index is 5.25. The summed E-state index contributed by atoms with van der Waals surface area (Å²) >= 11 is 0. The normalized spacial score (nSPS) is 8.93. The van der Waals surface area contributed by atoms with Gasteiger partial charge in [0.15, 0.2) is 0 Å². The first kappa shape index (κ1) is 13.8. The monoisotopic (exact) mass is 210 g/mol. The molecule has 1 aromatic rings. The fourth-order valence-corrected chi connectivity index (χ4v) is 1.41. The zero-order valence-corrected chi connectivity index (χ0v) is 10.7. The van der Waals surface area contributed by atoms with Crippen molar-refractivity contribution in [3.05, 3.63) is 23.3 Å². The van der Waals surface area contributed by atoms with Crippen molar-refractivity contribution in [2.45, 2.75) is 34.1 Å². The number of hydrogen-bond acceptors (Lipinski definition) is 2. The van der Waals surface area contributed by atoms with Gasteiger partial charge < -0.3 is 9.47 Å². The molecule has 0 aromatic heterocycles. The number of benzene rings is 1. The summed E-state index contributed by atoms with van der Waals surface area (Å²) < 4.78 is 10.4. The summed E-state index contributed by atoms with van der Waals surface area (Å²) in [7, 11) is 3.35. The van der Waals surface area contributed by atoms with Crippen LogP contribution in [0.5, 0.6) is 11.5 Å². The van der Waals surface area contributed by atoms with Gasteiger partial charge in [-0.05, 0) is 30.5 Å². The highest BCUT2D eigenvalue weighted by atomic mass is 16.5. The lowest BCUT2D eigenvalue weighted by molar-refractivity contribution is 0.391. The van der Waals surface area contributed by atoms with Crippen molar-refractivity contribution < 1.29 is 9.47 Å². The summed E-state index contributed by atoms with van der Waals surface area (Å²) in [6.07, 6.45) is 0.999. The Labute approximate surface area is 93.2 Å². The molecule has 0 unspecified atom stereocenters. The summed E-state index contributed by atoms with van der Waals surface area (Å²) in [4.78, 5) is 0. The van der Waals surface area contributed by atoms with E-state index in [1.54, 1.807) is 14.2 Å². The smallest absolute Gasteiger partial charge is 0.125 e. The molecule has 0 heterocycles. The van der Waals surface area contributed by atoms with E-state index in [1.807, 2.05) is 19.9 Å². The number of aryl methyl sites for hydroxylation is 1. The van der Waals surface area contributed by atoms with Crippen LogP contribution < -0.4 is 9.47 Å². The minimum absolute atomic E-state index is 0.860. The molecule has 0 saturated carbocycles. The van der Waals surface area contributed by atoms with Gasteiger partial charge in [-0.25, -0.2) is 0 Å². The first-order chi connectivity index (χ1) is 7.22. The zero-order chi connectivity index (χ0) is 11.8. The highest BCUT2D eigenvalue weighted by Gasteiger charge is 2.05. The van der Waals surface area contributed by atoms with Crippen molar-refractivity contribution in [3.63, 3.8) is 0 Å². The van der Waals surface area contributed by atoms with Crippen LogP contribution in [0.15, 0.2) is 12.1 Å². The van der Waals surface area contributed by atoms with Crippen LogP contribution in [0.25, 0.3) is 0 Å². The van der Waals surface area contributed by atoms with Crippen LogP contribution in [0.2, 0.25) is 0 Å². The molecule has 0 radical (unpaired) electrons. The van der Waals surface area contributed by atoms with Crippen LogP contribution in [0.3, 0.4) is 0 Å². The van der Waals surface area contributed by atoms with Crippen molar-refractivity contribution in [1.29, 1.82) is 0 Å². The molecule has 0 aliphatic rings. The van der Waals surface area contributed by atoms with Crippen LogP contribution in [0.4, 0.5) is 0 Å². The Kier molecular flexibility index (Phi) is 6.59. The molecule has 0 fully saturated rings. The summed E-state index contributed by atoms with van der Waals surface area (Å²) in [5.74, 6) is 1.76.